The van der Waals surface area contributed by atoms with Gasteiger partial charge in [0.05, 0.1) is 29.6 Å². The molecule has 170 valence electrons. The van der Waals surface area contributed by atoms with Crippen molar-refractivity contribution in [2.45, 2.75) is 24.4 Å². The van der Waals surface area contributed by atoms with E-state index in [1.165, 1.54) is 28.8 Å². The monoisotopic (exact) mass is 484 g/mol. The van der Waals surface area contributed by atoms with E-state index in [0.29, 0.717) is 16.1 Å². The molecule has 10 heteroatoms. The zero-order valence-corrected chi connectivity index (χ0v) is 19.4. The van der Waals surface area contributed by atoms with Crippen molar-refractivity contribution in [3.63, 3.8) is 0 Å². The highest BCUT2D eigenvalue weighted by Crippen LogP contribution is 2.30. The second-order valence-corrected chi connectivity index (χ2v) is 8.86. The summed E-state index contributed by atoms with van der Waals surface area (Å²) in [6.07, 6.45) is 2.27. The van der Waals surface area contributed by atoms with Crippen molar-refractivity contribution in [3.8, 4) is 11.8 Å². The Balaban J connectivity index is 1.60. The lowest BCUT2D eigenvalue weighted by molar-refractivity contribution is -0.116. The molecule has 1 aliphatic heterocycles. The lowest BCUT2D eigenvalue weighted by Gasteiger charge is -2.22. The van der Waals surface area contributed by atoms with E-state index < -0.39 is 5.82 Å². The minimum Gasteiger partial charge on any atom is -0.341 e. The van der Waals surface area contributed by atoms with Crippen LogP contribution in [0.4, 0.5) is 16.0 Å². The predicted molar refractivity (Wildman–Crippen MR) is 128 cm³/mol. The van der Waals surface area contributed by atoms with Gasteiger partial charge in [-0.1, -0.05) is 41.6 Å². The molecule has 3 aromatic rings. The Morgan fingerprint density at radius 3 is 2.70 bits per heavy atom. The molecule has 2 heterocycles. The van der Waals surface area contributed by atoms with Gasteiger partial charge in [0.1, 0.15) is 5.82 Å². The van der Waals surface area contributed by atoms with Crippen LogP contribution in [-0.2, 0) is 4.79 Å². The number of para-hydroxylation sites is 1. The summed E-state index contributed by atoms with van der Waals surface area (Å²) in [6, 6.07) is 15.5. The average molecular weight is 485 g/mol. The number of aromatic nitrogens is 3. The molecule has 7 nitrogen and oxygen atoms in total. The van der Waals surface area contributed by atoms with Crippen LogP contribution in [0.5, 0.6) is 0 Å². The van der Waals surface area contributed by atoms with Crippen LogP contribution in [0, 0.1) is 17.1 Å². The number of nitrogens with zero attached hydrogens (tertiary/aromatic N) is 6. The van der Waals surface area contributed by atoms with Gasteiger partial charge in [-0.2, -0.15) is 5.26 Å². The maximum Gasteiger partial charge on any atom is 0.237 e. The molecule has 1 aromatic heterocycles. The Bertz CT molecular complexity index is 1170. The van der Waals surface area contributed by atoms with E-state index in [-0.39, 0.29) is 30.3 Å². The minimum absolute atomic E-state index is 0.0124. The molecule has 0 unspecified atom stereocenters. The molecule has 4 rings (SSSR count). The van der Waals surface area contributed by atoms with Gasteiger partial charge in [0.15, 0.2) is 5.16 Å². The molecular formula is C23H22ClFN6OS. The summed E-state index contributed by atoms with van der Waals surface area (Å²) < 4.78 is 16.3. The molecule has 0 aliphatic carbocycles. The quantitative estimate of drug-likeness (QED) is 0.431. The van der Waals surface area contributed by atoms with E-state index in [2.05, 4.69) is 15.1 Å². The van der Waals surface area contributed by atoms with Crippen LogP contribution in [-0.4, -0.2) is 46.1 Å². The third-order valence-corrected chi connectivity index (χ3v) is 6.44. The predicted octanol–water partition coefficient (Wildman–Crippen LogP) is 4.70. The van der Waals surface area contributed by atoms with Crippen LogP contribution in [0.3, 0.4) is 0 Å². The van der Waals surface area contributed by atoms with Crippen LogP contribution < -0.4 is 9.80 Å². The third kappa shape index (κ3) is 5.29. The van der Waals surface area contributed by atoms with E-state index in [1.807, 2.05) is 28.8 Å². The van der Waals surface area contributed by atoms with Crippen molar-refractivity contribution in [2.75, 3.05) is 35.2 Å². The van der Waals surface area contributed by atoms with Crippen molar-refractivity contribution < 1.29 is 9.18 Å². The fourth-order valence-electron chi connectivity index (χ4n) is 3.73. The number of halogens is 2. The number of amides is 1. The molecule has 1 amide bonds. The summed E-state index contributed by atoms with van der Waals surface area (Å²) in [7, 11) is 0. The topological polar surface area (TPSA) is 78.0 Å². The molecule has 0 N–H and O–H groups in total. The Kier molecular flexibility index (Phi) is 7.47. The standard InChI is InChI=1S/C23H22ClFN6OS/c24-17-7-5-8-18(15-17)31-22(29-12-3-4-13-29)27-28-23(31)33-16-21(32)30(14-6-11-26)20-10-2-1-9-19(20)25/h1-2,5,7-10,15H,3-4,6,12-14,16H2. The van der Waals surface area contributed by atoms with E-state index in [1.54, 1.807) is 18.2 Å². The van der Waals surface area contributed by atoms with Gasteiger partial charge < -0.3 is 9.80 Å². The zero-order chi connectivity index (χ0) is 23.2. The molecule has 1 aliphatic rings. The van der Waals surface area contributed by atoms with Gasteiger partial charge >= 0.3 is 0 Å². The van der Waals surface area contributed by atoms with Gasteiger partial charge in [-0.25, -0.2) is 4.39 Å². The fourth-order valence-corrected chi connectivity index (χ4v) is 4.74. The lowest BCUT2D eigenvalue weighted by atomic mass is 10.2. The largest absolute Gasteiger partial charge is 0.341 e. The molecule has 1 saturated heterocycles. The van der Waals surface area contributed by atoms with Crippen LogP contribution in [0.15, 0.2) is 53.7 Å². The van der Waals surface area contributed by atoms with Gasteiger partial charge in [-0.3, -0.25) is 9.36 Å². The van der Waals surface area contributed by atoms with Crippen LogP contribution >= 0.6 is 23.4 Å². The second-order valence-electron chi connectivity index (χ2n) is 7.49. The smallest absolute Gasteiger partial charge is 0.237 e. The number of hydrogen-bond donors (Lipinski definition) is 0. The van der Waals surface area contributed by atoms with Crippen molar-refractivity contribution in [1.29, 1.82) is 5.26 Å². The van der Waals surface area contributed by atoms with Crippen molar-refractivity contribution in [2.24, 2.45) is 0 Å². The number of carbonyl (C=O) groups is 1. The first-order chi connectivity index (χ1) is 16.1. The van der Waals surface area contributed by atoms with Crippen molar-refractivity contribution >= 4 is 40.9 Å². The van der Waals surface area contributed by atoms with Gasteiger partial charge in [0.25, 0.3) is 0 Å². The molecular weight excluding hydrogens is 463 g/mol. The van der Waals surface area contributed by atoms with E-state index in [0.717, 1.165) is 31.6 Å². The first-order valence-electron chi connectivity index (χ1n) is 10.6. The molecule has 2 aromatic carbocycles. The Morgan fingerprint density at radius 1 is 1.18 bits per heavy atom. The number of benzene rings is 2. The van der Waals surface area contributed by atoms with E-state index >= 15 is 0 Å². The van der Waals surface area contributed by atoms with E-state index in [9.17, 15) is 9.18 Å². The second kappa shape index (κ2) is 10.7. The highest BCUT2D eigenvalue weighted by atomic mass is 35.5. The summed E-state index contributed by atoms with van der Waals surface area (Å²) in [6.45, 7) is 1.88. The molecule has 1 fully saturated rings. The van der Waals surface area contributed by atoms with Crippen LogP contribution in [0.1, 0.15) is 19.3 Å². The number of hydrogen-bond acceptors (Lipinski definition) is 6. The minimum atomic E-state index is -0.507. The summed E-state index contributed by atoms with van der Waals surface area (Å²) in [5.74, 6) is -0.102. The molecule has 0 atom stereocenters. The fraction of sp³-hybridized carbons (Fsp3) is 0.304. The maximum absolute atomic E-state index is 14.4. The summed E-state index contributed by atoms with van der Waals surface area (Å²) in [4.78, 5) is 16.6. The molecule has 33 heavy (non-hydrogen) atoms. The number of anilines is 2. The first kappa shape index (κ1) is 23.1. The van der Waals surface area contributed by atoms with Crippen molar-refractivity contribution in [1.82, 2.24) is 14.8 Å². The van der Waals surface area contributed by atoms with Gasteiger partial charge in [-0.15, -0.1) is 10.2 Å². The summed E-state index contributed by atoms with van der Waals surface area (Å²) in [5.41, 5.74) is 0.965. The molecule has 0 spiro atoms. The Morgan fingerprint density at radius 2 is 1.97 bits per heavy atom. The normalized spacial score (nSPS) is 13.2. The number of thioether (sulfide) groups is 1. The number of carbonyl (C=O) groups excluding carboxylic acids is 1. The summed E-state index contributed by atoms with van der Waals surface area (Å²) >= 11 is 7.45. The maximum atomic E-state index is 14.4. The Labute approximate surface area is 200 Å². The number of nitriles is 1. The van der Waals surface area contributed by atoms with Gasteiger partial charge in [0.2, 0.25) is 11.9 Å². The molecule has 0 radical (unpaired) electrons. The first-order valence-corrected chi connectivity index (χ1v) is 12.0. The lowest BCUT2D eigenvalue weighted by Crippen LogP contribution is -2.34. The molecule has 0 saturated carbocycles. The van der Waals surface area contributed by atoms with Crippen LogP contribution in [0.25, 0.3) is 5.69 Å². The Hall–Kier alpha value is -3.09. The van der Waals surface area contributed by atoms with E-state index in [4.69, 9.17) is 16.9 Å². The van der Waals surface area contributed by atoms with Crippen molar-refractivity contribution in [3.05, 3.63) is 59.4 Å². The highest BCUT2D eigenvalue weighted by Gasteiger charge is 2.24. The van der Waals surface area contributed by atoms with Gasteiger partial charge in [-0.05, 0) is 43.2 Å². The summed E-state index contributed by atoms with van der Waals surface area (Å²) in [5, 5.41) is 18.9. The zero-order valence-electron chi connectivity index (χ0n) is 17.8. The SMILES string of the molecule is N#CCCN(C(=O)CSc1nnc(N2CCCC2)n1-c1cccc(Cl)c1)c1ccccc1F. The third-order valence-electron chi connectivity index (χ3n) is 5.29. The highest BCUT2D eigenvalue weighted by molar-refractivity contribution is 7.99. The van der Waals surface area contributed by atoms with Crippen LogP contribution in [0.2, 0.25) is 5.02 Å². The number of rotatable bonds is 8. The molecule has 0 bridgehead atoms. The average Bonchev–Trinajstić information content (AvgIpc) is 3.49. The van der Waals surface area contributed by atoms with Gasteiger partial charge in [0, 0.05) is 24.7 Å².